The smallest absolute Gasteiger partial charge is 0.325 e. The highest BCUT2D eigenvalue weighted by Crippen LogP contribution is 2.25. The van der Waals surface area contributed by atoms with Crippen LogP contribution in [0.15, 0.2) is 24.3 Å². The molecule has 2 aliphatic rings. The van der Waals surface area contributed by atoms with E-state index in [1.165, 1.54) is 20.0 Å². The van der Waals surface area contributed by atoms with E-state index in [-0.39, 0.29) is 43.4 Å². The van der Waals surface area contributed by atoms with E-state index in [0.29, 0.717) is 11.7 Å². The summed E-state index contributed by atoms with van der Waals surface area (Å²) in [4.78, 5) is 30.5. The lowest BCUT2D eigenvalue weighted by Gasteiger charge is -2.40. The third-order valence-electron chi connectivity index (χ3n) is 5.58. The lowest BCUT2D eigenvalue weighted by Crippen LogP contribution is -2.54. The first-order chi connectivity index (χ1) is 13.6. The SMILES string of the molecule is COC(=O)CN(C)c1ccccc1NC(=O)N1CCN(C2CCNCC2)CC1.Cl.Cl. The van der Waals surface area contributed by atoms with E-state index in [1.54, 1.807) is 11.9 Å². The van der Waals surface area contributed by atoms with Crippen molar-refractivity contribution in [2.45, 2.75) is 18.9 Å². The second kappa shape index (κ2) is 12.8. The van der Waals surface area contributed by atoms with Crippen molar-refractivity contribution in [2.24, 2.45) is 0 Å². The number of carbonyl (C=O) groups excluding carboxylic acids is 2. The highest BCUT2D eigenvalue weighted by atomic mass is 35.5. The normalized spacial score (nSPS) is 17.3. The topological polar surface area (TPSA) is 77.2 Å². The second-order valence-electron chi connectivity index (χ2n) is 7.38. The van der Waals surface area contributed by atoms with Crippen LogP contribution in [0.3, 0.4) is 0 Å². The Morgan fingerprint density at radius 2 is 1.77 bits per heavy atom. The van der Waals surface area contributed by atoms with Gasteiger partial charge in [0.25, 0.3) is 0 Å². The number of urea groups is 1. The number of ether oxygens (including phenoxy) is 1. The molecule has 2 saturated heterocycles. The largest absolute Gasteiger partial charge is 0.468 e. The number of halogens is 2. The maximum Gasteiger partial charge on any atom is 0.325 e. The van der Waals surface area contributed by atoms with Crippen LogP contribution in [0.1, 0.15) is 12.8 Å². The van der Waals surface area contributed by atoms with Gasteiger partial charge in [-0.15, -0.1) is 24.8 Å². The van der Waals surface area contributed by atoms with Crippen molar-refractivity contribution in [3.05, 3.63) is 24.3 Å². The van der Waals surface area contributed by atoms with Gasteiger partial charge in [0, 0.05) is 39.3 Å². The summed E-state index contributed by atoms with van der Waals surface area (Å²) in [5, 5.41) is 6.42. The molecule has 0 atom stereocenters. The van der Waals surface area contributed by atoms with Gasteiger partial charge in [0.2, 0.25) is 0 Å². The van der Waals surface area contributed by atoms with Crippen molar-refractivity contribution in [3.63, 3.8) is 0 Å². The lowest BCUT2D eigenvalue weighted by atomic mass is 10.0. The lowest BCUT2D eigenvalue weighted by molar-refractivity contribution is -0.138. The molecular weight excluding hydrogens is 429 g/mol. The van der Waals surface area contributed by atoms with Gasteiger partial charge < -0.3 is 25.2 Å². The number of hydrogen-bond acceptors (Lipinski definition) is 6. The first-order valence-electron chi connectivity index (χ1n) is 9.96. The molecule has 0 aliphatic carbocycles. The van der Waals surface area contributed by atoms with Crippen molar-refractivity contribution in [1.82, 2.24) is 15.1 Å². The van der Waals surface area contributed by atoms with Crippen LogP contribution in [0, 0.1) is 0 Å². The van der Waals surface area contributed by atoms with Gasteiger partial charge in [0.1, 0.15) is 6.54 Å². The van der Waals surface area contributed by atoms with Gasteiger partial charge >= 0.3 is 12.0 Å². The number of nitrogens with zero attached hydrogens (tertiary/aromatic N) is 3. The molecule has 0 bridgehead atoms. The molecule has 1 aromatic carbocycles. The van der Waals surface area contributed by atoms with E-state index in [0.717, 1.165) is 45.0 Å². The first-order valence-corrected chi connectivity index (χ1v) is 9.96. The fourth-order valence-corrected chi connectivity index (χ4v) is 3.91. The molecule has 0 unspecified atom stereocenters. The molecule has 0 aromatic heterocycles. The van der Waals surface area contributed by atoms with Crippen LogP contribution in [0.5, 0.6) is 0 Å². The quantitative estimate of drug-likeness (QED) is 0.653. The fraction of sp³-hybridized carbons (Fsp3) is 0.600. The molecule has 10 heteroatoms. The van der Waals surface area contributed by atoms with Crippen molar-refractivity contribution in [2.75, 3.05) is 70.2 Å². The number of esters is 1. The van der Waals surface area contributed by atoms with E-state index in [4.69, 9.17) is 4.74 Å². The third kappa shape index (κ3) is 6.91. The average molecular weight is 462 g/mol. The molecule has 30 heavy (non-hydrogen) atoms. The molecule has 0 radical (unpaired) electrons. The highest BCUT2D eigenvalue weighted by molar-refractivity contribution is 5.93. The molecule has 2 amide bonds. The molecule has 0 saturated carbocycles. The number of para-hydroxylation sites is 2. The second-order valence-corrected chi connectivity index (χ2v) is 7.38. The number of piperazine rings is 1. The summed E-state index contributed by atoms with van der Waals surface area (Å²) >= 11 is 0. The van der Waals surface area contributed by atoms with Crippen molar-refractivity contribution in [3.8, 4) is 0 Å². The Hall–Kier alpha value is -1.74. The Morgan fingerprint density at radius 3 is 2.40 bits per heavy atom. The van der Waals surface area contributed by atoms with Gasteiger partial charge in [-0.25, -0.2) is 4.79 Å². The van der Waals surface area contributed by atoms with E-state index in [2.05, 4.69) is 15.5 Å². The number of amides is 2. The third-order valence-corrected chi connectivity index (χ3v) is 5.58. The number of piperidine rings is 1. The summed E-state index contributed by atoms with van der Waals surface area (Å²) in [5.74, 6) is -0.322. The van der Waals surface area contributed by atoms with Crippen LogP contribution in [0.2, 0.25) is 0 Å². The van der Waals surface area contributed by atoms with Crippen LogP contribution < -0.4 is 15.5 Å². The first kappa shape index (κ1) is 26.3. The maximum absolute atomic E-state index is 12.8. The van der Waals surface area contributed by atoms with Crippen LogP contribution in [0.4, 0.5) is 16.2 Å². The zero-order valence-electron chi connectivity index (χ0n) is 17.6. The van der Waals surface area contributed by atoms with Crippen molar-refractivity contribution in [1.29, 1.82) is 0 Å². The number of anilines is 2. The number of carbonyl (C=O) groups is 2. The zero-order chi connectivity index (χ0) is 19.9. The summed E-state index contributed by atoms with van der Waals surface area (Å²) in [6.07, 6.45) is 2.37. The standard InChI is InChI=1S/C20H31N5O3.2ClH/c1-23(15-19(26)28-2)18-6-4-3-5-17(18)22-20(27)25-13-11-24(12-14-25)16-7-9-21-10-8-16;;/h3-6,16,21H,7-15H2,1-2H3,(H,22,27);2*1H. The number of nitrogens with one attached hydrogen (secondary N) is 2. The van der Waals surface area contributed by atoms with Gasteiger partial charge in [-0.1, -0.05) is 12.1 Å². The van der Waals surface area contributed by atoms with Crippen LogP contribution in [0.25, 0.3) is 0 Å². The number of rotatable bonds is 5. The summed E-state index contributed by atoms with van der Waals surface area (Å²) < 4.78 is 4.73. The van der Waals surface area contributed by atoms with Crippen molar-refractivity contribution >= 4 is 48.2 Å². The number of benzene rings is 1. The fourth-order valence-electron chi connectivity index (χ4n) is 3.91. The summed E-state index contributed by atoms with van der Waals surface area (Å²) in [7, 11) is 3.17. The molecule has 170 valence electrons. The van der Waals surface area contributed by atoms with Crippen LogP contribution in [-0.2, 0) is 9.53 Å². The van der Waals surface area contributed by atoms with Gasteiger partial charge in [0.05, 0.1) is 18.5 Å². The maximum atomic E-state index is 12.8. The molecule has 0 spiro atoms. The molecule has 2 aliphatic heterocycles. The van der Waals surface area contributed by atoms with Crippen LogP contribution in [-0.4, -0.2) is 87.8 Å². The molecule has 3 rings (SSSR count). The van der Waals surface area contributed by atoms with E-state index in [9.17, 15) is 9.59 Å². The Balaban J connectivity index is 0.00000225. The molecular formula is C20H33Cl2N5O3. The Labute approximate surface area is 191 Å². The van der Waals surface area contributed by atoms with E-state index < -0.39 is 0 Å². The predicted octanol–water partition coefficient (Wildman–Crippen LogP) is 2.04. The summed E-state index contributed by atoms with van der Waals surface area (Å²) in [6.45, 7) is 5.59. The van der Waals surface area contributed by atoms with E-state index >= 15 is 0 Å². The summed E-state index contributed by atoms with van der Waals surface area (Å²) in [5.41, 5.74) is 1.48. The molecule has 8 nitrogen and oxygen atoms in total. The molecule has 2 N–H and O–H groups in total. The van der Waals surface area contributed by atoms with E-state index in [1.807, 2.05) is 29.2 Å². The number of likely N-dealkylation sites (N-methyl/N-ethyl adjacent to an activating group) is 1. The van der Waals surface area contributed by atoms with Gasteiger partial charge in [-0.2, -0.15) is 0 Å². The van der Waals surface area contributed by atoms with Gasteiger partial charge in [-0.05, 0) is 38.1 Å². The van der Waals surface area contributed by atoms with Crippen LogP contribution >= 0.6 is 24.8 Å². The van der Waals surface area contributed by atoms with Gasteiger partial charge in [-0.3, -0.25) is 9.69 Å². The predicted molar refractivity (Wildman–Crippen MR) is 124 cm³/mol. The Kier molecular flexibility index (Phi) is 11.3. The zero-order valence-corrected chi connectivity index (χ0v) is 19.3. The number of methoxy groups -OCH3 is 1. The monoisotopic (exact) mass is 461 g/mol. The number of hydrogen-bond donors (Lipinski definition) is 2. The minimum absolute atomic E-state index is 0. The highest BCUT2D eigenvalue weighted by Gasteiger charge is 2.27. The minimum atomic E-state index is -0.322. The minimum Gasteiger partial charge on any atom is -0.468 e. The average Bonchev–Trinajstić information content (AvgIpc) is 2.74. The van der Waals surface area contributed by atoms with Gasteiger partial charge in [0.15, 0.2) is 0 Å². The molecule has 2 fully saturated rings. The Bertz CT molecular complexity index is 680. The molecule has 1 aromatic rings. The molecule has 2 heterocycles. The Morgan fingerprint density at radius 1 is 1.13 bits per heavy atom. The summed E-state index contributed by atoms with van der Waals surface area (Å²) in [6, 6.07) is 8.04. The van der Waals surface area contributed by atoms with Crippen molar-refractivity contribution < 1.29 is 14.3 Å².